The molecule has 0 spiro atoms. The maximum atomic E-state index is 5.68. The van der Waals surface area contributed by atoms with Gasteiger partial charge in [-0.05, 0) is 30.6 Å². The van der Waals surface area contributed by atoms with Crippen molar-refractivity contribution in [2.45, 2.75) is 92.0 Å². The van der Waals surface area contributed by atoms with Crippen molar-refractivity contribution in [2.24, 2.45) is 17.2 Å². The van der Waals surface area contributed by atoms with E-state index in [1.807, 2.05) is 0 Å². The molecule has 0 aromatic heterocycles. The van der Waals surface area contributed by atoms with Crippen LogP contribution in [0.1, 0.15) is 86.0 Å². The molecule has 2 atom stereocenters. The van der Waals surface area contributed by atoms with Crippen LogP contribution in [0.4, 0.5) is 0 Å². The van der Waals surface area contributed by atoms with Crippen molar-refractivity contribution in [2.75, 3.05) is 0 Å². The fraction of sp³-hybridized carbons (Fsp3) is 1.00. The Hall–Kier alpha value is -0.0800. The zero-order valence-corrected chi connectivity index (χ0v) is 13.4. The molecule has 0 aliphatic carbocycles. The molecule has 2 heteroatoms. The summed E-state index contributed by atoms with van der Waals surface area (Å²) in [6.45, 7) is 11.6. The SMILES string of the molecule is CCCCCCCC(CC(C)CC(C)(C)C)NN. The first kappa shape index (κ1) is 17.9. The molecule has 0 rings (SSSR count). The molecule has 0 amide bonds. The predicted octanol–water partition coefficient (Wildman–Crippen LogP) is 4.64. The summed E-state index contributed by atoms with van der Waals surface area (Å²) in [5.41, 5.74) is 3.44. The van der Waals surface area contributed by atoms with E-state index >= 15 is 0 Å². The lowest BCUT2D eigenvalue weighted by atomic mass is 9.82. The minimum Gasteiger partial charge on any atom is -0.271 e. The van der Waals surface area contributed by atoms with Gasteiger partial charge in [-0.15, -0.1) is 0 Å². The lowest BCUT2D eigenvalue weighted by molar-refractivity contribution is 0.269. The normalized spacial score (nSPS) is 15.7. The third-order valence-electron chi connectivity index (χ3n) is 3.54. The largest absolute Gasteiger partial charge is 0.271 e. The Bertz CT molecular complexity index is 184. The molecule has 0 saturated carbocycles. The minimum absolute atomic E-state index is 0.430. The first-order chi connectivity index (χ1) is 8.39. The van der Waals surface area contributed by atoms with Crippen LogP contribution in [0.25, 0.3) is 0 Å². The highest BCUT2D eigenvalue weighted by Crippen LogP contribution is 2.27. The number of nitrogens with two attached hydrogens (primary N) is 1. The average Bonchev–Trinajstić information content (AvgIpc) is 2.24. The number of nitrogens with one attached hydrogen (secondary N) is 1. The summed E-state index contributed by atoms with van der Waals surface area (Å²) in [5, 5.41) is 0. The van der Waals surface area contributed by atoms with Gasteiger partial charge in [-0.2, -0.15) is 0 Å². The summed E-state index contributed by atoms with van der Waals surface area (Å²) in [5.74, 6) is 6.43. The zero-order valence-electron chi connectivity index (χ0n) is 13.4. The second-order valence-corrected chi connectivity index (χ2v) is 7.17. The number of hydrazine groups is 1. The molecule has 110 valence electrons. The molecule has 0 aromatic rings. The fourth-order valence-electron chi connectivity index (χ4n) is 2.88. The Morgan fingerprint density at radius 3 is 2.17 bits per heavy atom. The van der Waals surface area contributed by atoms with Crippen molar-refractivity contribution in [3.63, 3.8) is 0 Å². The van der Waals surface area contributed by atoms with Gasteiger partial charge in [-0.1, -0.05) is 66.7 Å². The van der Waals surface area contributed by atoms with E-state index in [9.17, 15) is 0 Å². The number of unbranched alkanes of at least 4 members (excludes halogenated alkanes) is 4. The maximum Gasteiger partial charge on any atom is 0.0213 e. The molecule has 3 N–H and O–H groups in total. The summed E-state index contributed by atoms with van der Waals surface area (Å²) >= 11 is 0. The van der Waals surface area contributed by atoms with Crippen LogP contribution in [0.2, 0.25) is 0 Å². The van der Waals surface area contributed by atoms with E-state index in [1.165, 1.54) is 51.4 Å². The topological polar surface area (TPSA) is 38.0 Å². The van der Waals surface area contributed by atoms with Crippen LogP contribution in [-0.2, 0) is 0 Å². The van der Waals surface area contributed by atoms with Gasteiger partial charge in [-0.25, -0.2) is 0 Å². The quantitative estimate of drug-likeness (QED) is 0.339. The van der Waals surface area contributed by atoms with Gasteiger partial charge in [-0.3, -0.25) is 11.3 Å². The Morgan fingerprint density at radius 1 is 1.06 bits per heavy atom. The lowest BCUT2D eigenvalue weighted by Gasteiger charge is -2.26. The van der Waals surface area contributed by atoms with E-state index in [1.54, 1.807) is 0 Å². The molecule has 0 saturated heterocycles. The van der Waals surface area contributed by atoms with E-state index in [-0.39, 0.29) is 0 Å². The van der Waals surface area contributed by atoms with Crippen LogP contribution >= 0.6 is 0 Å². The molecule has 18 heavy (non-hydrogen) atoms. The zero-order chi connectivity index (χ0) is 14.0. The summed E-state index contributed by atoms with van der Waals surface area (Å²) < 4.78 is 0. The average molecular weight is 256 g/mol. The van der Waals surface area contributed by atoms with Crippen molar-refractivity contribution in [1.82, 2.24) is 5.43 Å². The molecule has 2 nitrogen and oxygen atoms in total. The Labute approximate surface area is 115 Å². The van der Waals surface area contributed by atoms with Crippen LogP contribution in [-0.4, -0.2) is 6.04 Å². The predicted molar refractivity (Wildman–Crippen MR) is 82.3 cm³/mol. The van der Waals surface area contributed by atoms with Crippen molar-refractivity contribution in [3.8, 4) is 0 Å². The second-order valence-electron chi connectivity index (χ2n) is 7.17. The van der Waals surface area contributed by atoms with Gasteiger partial charge in [0, 0.05) is 6.04 Å². The third kappa shape index (κ3) is 11.0. The first-order valence-corrected chi connectivity index (χ1v) is 7.85. The molecule has 0 radical (unpaired) electrons. The van der Waals surface area contributed by atoms with Crippen molar-refractivity contribution >= 4 is 0 Å². The second kappa shape index (κ2) is 9.80. The molecule has 2 unspecified atom stereocenters. The molecule has 0 aromatic carbocycles. The van der Waals surface area contributed by atoms with E-state index in [0.29, 0.717) is 11.5 Å². The maximum absolute atomic E-state index is 5.68. The van der Waals surface area contributed by atoms with Crippen LogP contribution in [0.5, 0.6) is 0 Å². The number of hydrogen-bond donors (Lipinski definition) is 2. The molecule has 0 fully saturated rings. The van der Waals surface area contributed by atoms with Crippen molar-refractivity contribution in [3.05, 3.63) is 0 Å². The molecular weight excluding hydrogens is 220 g/mol. The highest BCUT2D eigenvalue weighted by Gasteiger charge is 2.18. The number of rotatable bonds is 10. The van der Waals surface area contributed by atoms with Crippen molar-refractivity contribution in [1.29, 1.82) is 0 Å². The Kier molecular flexibility index (Phi) is 9.76. The van der Waals surface area contributed by atoms with Crippen LogP contribution in [0.15, 0.2) is 0 Å². The van der Waals surface area contributed by atoms with E-state index in [0.717, 1.165) is 5.92 Å². The van der Waals surface area contributed by atoms with Crippen LogP contribution in [0, 0.1) is 11.3 Å². The van der Waals surface area contributed by atoms with Gasteiger partial charge < -0.3 is 0 Å². The Morgan fingerprint density at radius 2 is 1.67 bits per heavy atom. The third-order valence-corrected chi connectivity index (χ3v) is 3.54. The van der Waals surface area contributed by atoms with Gasteiger partial charge in [0.2, 0.25) is 0 Å². The minimum atomic E-state index is 0.430. The Balaban J connectivity index is 3.75. The van der Waals surface area contributed by atoms with Gasteiger partial charge in [0.1, 0.15) is 0 Å². The van der Waals surface area contributed by atoms with E-state index in [4.69, 9.17) is 5.84 Å². The van der Waals surface area contributed by atoms with E-state index in [2.05, 4.69) is 40.0 Å². The fourth-order valence-corrected chi connectivity index (χ4v) is 2.88. The monoisotopic (exact) mass is 256 g/mol. The molecular formula is C16H36N2. The molecule has 0 bridgehead atoms. The smallest absolute Gasteiger partial charge is 0.0213 e. The first-order valence-electron chi connectivity index (χ1n) is 7.85. The lowest BCUT2D eigenvalue weighted by Crippen LogP contribution is -2.36. The van der Waals surface area contributed by atoms with E-state index < -0.39 is 0 Å². The molecule has 0 heterocycles. The molecule has 0 aliphatic heterocycles. The number of hydrogen-bond acceptors (Lipinski definition) is 2. The summed E-state index contributed by atoms with van der Waals surface area (Å²) in [4.78, 5) is 0. The summed E-state index contributed by atoms with van der Waals surface area (Å²) in [7, 11) is 0. The summed E-state index contributed by atoms with van der Waals surface area (Å²) in [6.07, 6.45) is 10.5. The highest BCUT2D eigenvalue weighted by molar-refractivity contribution is 4.72. The van der Waals surface area contributed by atoms with Gasteiger partial charge in [0.05, 0.1) is 0 Å². The van der Waals surface area contributed by atoms with Crippen LogP contribution in [0.3, 0.4) is 0 Å². The van der Waals surface area contributed by atoms with Gasteiger partial charge in [0.25, 0.3) is 0 Å². The van der Waals surface area contributed by atoms with Crippen LogP contribution < -0.4 is 11.3 Å². The molecule has 0 aliphatic rings. The van der Waals surface area contributed by atoms with Gasteiger partial charge in [0.15, 0.2) is 0 Å². The highest BCUT2D eigenvalue weighted by atomic mass is 15.2. The van der Waals surface area contributed by atoms with Gasteiger partial charge >= 0.3 is 0 Å². The van der Waals surface area contributed by atoms with Crippen molar-refractivity contribution < 1.29 is 0 Å². The summed E-state index contributed by atoms with van der Waals surface area (Å²) in [6, 6.07) is 0.504. The standard InChI is InChI=1S/C16H36N2/c1-6-7-8-9-10-11-15(18-17)12-14(2)13-16(3,4)5/h14-15,18H,6-13,17H2,1-5H3.